The van der Waals surface area contributed by atoms with Gasteiger partial charge >= 0.3 is 0 Å². The summed E-state index contributed by atoms with van der Waals surface area (Å²) in [7, 11) is 0. The maximum atomic E-state index is 10.4. The van der Waals surface area contributed by atoms with Gasteiger partial charge in [0.1, 0.15) is 4.60 Å². The molecule has 1 aromatic heterocycles. The van der Waals surface area contributed by atoms with E-state index in [2.05, 4.69) is 20.9 Å². The Hall–Kier alpha value is -0.300. The van der Waals surface area contributed by atoms with Crippen molar-refractivity contribution < 1.29 is 13.9 Å². The number of halogens is 1. The molecule has 1 rings (SSSR count). The quantitative estimate of drug-likeness (QED) is 0.610. The average Bonchev–Trinajstić information content (AvgIpc) is 2.06. The van der Waals surface area contributed by atoms with Gasteiger partial charge in [0.2, 0.25) is 0 Å². The lowest BCUT2D eigenvalue weighted by atomic mass is 10.5. The van der Waals surface area contributed by atoms with Crippen molar-refractivity contribution in [3.63, 3.8) is 0 Å². The fourth-order valence-electron chi connectivity index (χ4n) is 0.496. The molecule has 1 N–H and O–H groups in total. The molecule has 0 aliphatic heterocycles. The summed E-state index contributed by atoms with van der Waals surface area (Å²) in [5, 5.41) is 7.57. The molecule has 0 saturated carbocycles. The van der Waals surface area contributed by atoms with Gasteiger partial charge in [0.05, 0.1) is 4.90 Å². The van der Waals surface area contributed by atoms with Gasteiger partial charge in [-0.1, -0.05) is 0 Å². The van der Waals surface area contributed by atoms with Crippen LogP contribution in [0, 0.1) is 0 Å². The molecule has 0 radical (unpaired) electrons. The fourth-order valence-corrected chi connectivity index (χ4v) is 1.52. The predicted octanol–water partition coefficient (Wildman–Crippen LogP) is 1.08. The highest BCUT2D eigenvalue weighted by molar-refractivity contribution is 9.10. The molecule has 1 unspecified atom stereocenters. The molecule has 13 heavy (non-hydrogen) atoms. The standard InChI is InChI=1S/C5H4BrNO2S.C2H6O/c6-5-4(10(8)9)2-1-3-7-5;1-2-3/h1-3H,(H,8,9);3H,2H2,1H3/p-1. The van der Waals surface area contributed by atoms with Crippen LogP contribution in [-0.4, -0.2) is 25.5 Å². The molecule has 74 valence electrons. The van der Waals surface area contributed by atoms with Crippen molar-refractivity contribution in [2.75, 3.05) is 6.61 Å². The van der Waals surface area contributed by atoms with Gasteiger partial charge in [-0.2, -0.15) is 0 Å². The van der Waals surface area contributed by atoms with E-state index in [1.54, 1.807) is 13.0 Å². The molecule has 0 aliphatic rings. The first kappa shape index (κ1) is 12.7. The number of aliphatic hydroxyl groups excluding tert-OH is 1. The highest BCUT2D eigenvalue weighted by atomic mass is 79.9. The third kappa shape index (κ3) is 5.09. The summed E-state index contributed by atoms with van der Waals surface area (Å²) in [6.45, 7) is 1.93. The molecule has 0 aliphatic carbocycles. The summed E-state index contributed by atoms with van der Waals surface area (Å²) in [5.41, 5.74) is 0. The third-order valence-corrected chi connectivity index (χ3v) is 2.49. The van der Waals surface area contributed by atoms with Crippen LogP contribution in [0.15, 0.2) is 27.8 Å². The van der Waals surface area contributed by atoms with Crippen molar-refractivity contribution in [1.82, 2.24) is 4.98 Å². The second-order valence-corrected chi connectivity index (χ2v) is 3.50. The van der Waals surface area contributed by atoms with Crippen molar-refractivity contribution >= 4 is 27.0 Å². The monoisotopic (exact) mass is 266 g/mol. The number of nitrogens with zero attached hydrogens (tertiary/aromatic N) is 1. The third-order valence-electron chi connectivity index (χ3n) is 0.904. The Morgan fingerprint density at radius 1 is 1.77 bits per heavy atom. The zero-order valence-electron chi connectivity index (χ0n) is 6.94. The van der Waals surface area contributed by atoms with E-state index in [0.29, 0.717) is 4.60 Å². The zero-order chi connectivity index (χ0) is 10.3. The number of aliphatic hydroxyl groups is 1. The minimum Gasteiger partial charge on any atom is -0.768 e. The van der Waals surface area contributed by atoms with E-state index in [1.807, 2.05) is 0 Å². The second kappa shape index (κ2) is 7.14. The van der Waals surface area contributed by atoms with Gasteiger partial charge in [0, 0.05) is 12.8 Å². The van der Waals surface area contributed by atoms with Crippen LogP contribution in [0.25, 0.3) is 0 Å². The summed E-state index contributed by atoms with van der Waals surface area (Å²) < 4.78 is 21.1. The van der Waals surface area contributed by atoms with Crippen LogP contribution < -0.4 is 0 Å². The highest BCUT2D eigenvalue weighted by Crippen LogP contribution is 2.14. The van der Waals surface area contributed by atoms with E-state index in [-0.39, 0.29) is 11.5 Å². The molecule has 0 aromatic carbocycles. The van der Waals surface area contributed by atoms with Crippen LogP contribution in [0.3, 0.4) is 0 Å². The van der Waals surface area contributed by atoms with Crippen LogP contribution in [0.2, 0.25) is 0 Å². The molecule has 1 heterocycles. The number of rotatable bonds is 1. The molecular weight excluding hydrogens is 258 g/mol. The Bertz CT molecular complexity index is 282. The van der Waals surface area contributed by atoms with E-state index in [9.17, 15) is 8.76 Å². The normalized spacial score (nSPS) is 11.4. The summed E-state index contributed by atoms with van der Waals surface area (Å²) in [6.07, 6.45) is 1.51. The van der Waals surface area contributed by atoms with E-state index < -0.39 is 11.1 Å². The van der Waals surface area contributed by atoms with Crippen LogP contribution in [0.1, 0.15) is 6.92 Å². The van der Waals surface area contributed by atoms with E-state index >= 15 is 0 Å². The van der Waals surface area contributed by atoms with Crippen molar-refractivity contribution in [2.45, 2.75) is 11.8 Å². The topological polar surface area (TPSA) is 73.2 Å². The lowest BCUT2D eigenvalue weighted by Gasteiger charge is -2.04. The van der Waals surface area contributed by atoms with Gasteiger partial charge in [0.15, 0.2) is 0 Å². The number of hydrogen-bond acceptors (Lipinski definition) is 4. The second-order valence-electron chi connectivity index (χ2n) is 1.84. The van der Waals surface area contributed by atoms with Crippen molar-refractivity contribution in [3.05, 3.63) is 22.9 Å². The molecule has 0 saturated heterocycles. The molecule has 6 heteroatoms. The number of hydrogen-bond donors (Lipinski definition) is 1. The minimum atomic E-state index is -2.20. The highest BCUT2D eigenvalue weighted by Gasteiger charge is 1.97. The zero-order valence-corrected chi connectivity index (χ0v) is 9.34. The minimum absolute atomic E-state index is 0.183. The molecule has 0 spiro atoms. The first-order valence-electron chi connectivity index (χ1n) is 3.44. The average molecular weight is 267 g/mol. The molecule has 4 nitrogen and oxygen atoms in total. The summed E-state index contributed by atoms with van der Waals surface area (Å²) in [5.74, 6) is 0. The van der Waals surface area contributed by atoms with Gasteiger partial charge in [-0.15, -0.1) is 0 Å². The van der Waals surface area contributed by atoms with Crippen LogP contribution in [0.4, 0.5) is 0 Å². The number of aromatic nitrogens is 1. The van der Waals surface area contributed by atoms with Crippen LogP contribution in [0.5, 0.6) is 0 Å². The lowest BCUT2D eigenvalue weighted by Crippen LogP contribution is -1.90. The van der Waals surface area contributed by atoms with Crippen LogP contribution in [-0.2, 0) is 11.1 Å². The van der Waals surface area contributed by atoms with Crippen molar-refractivity contribution in [3.8, 4) is 0 Å². The largest absolute Gasteiger partial charge is 0.768 e. The summed E-state index contributed by atoms with van der Waals surface area (Å²) >= 11 is 0.793. The van der Waals surface area contributed by atoms with E-state index in [4.69, 9.17) is 5.11 Å². The first-order chi connectivity index (χ1) is 6.13. The maximum Gasteiger partial charge on any atom is 0.121 e. The Kier molecular flexibility index (Phi) is 6.97. The molecule has 1 atom stereocenters. The van der Waals surface area contributed by atoms with E-state index in [1.165, 1.54) is 12.3 Å². The molecule has 0 amide bonds. The Labute approximate surface area is 87.4 Å². The van der Waals surface area contributed by atoms with Crippen LogP contribution >= 0.6 is 15.9 Å². The maximum absolute atomic E-state index is 10.4. The lowest BCUT2D eigenvalue weighted by molar-refractivity contribution is 0.318. The fraction of sp³-hybridized carbons (Fsp3) is 0.286. The van der Waals surface area contributed by atoms with Gasteiger partial charge in [-0.3, -0.25) is 4.21 Å². The Morgan fingerprint density at radius 2 is 2.31 bits per heavy atom. The smallest absolute Gasteiger partial charge is 0.121 e. The van der Waals surface area contributed by atoms with Gasteiger partial charge < -0.3 is 9.66 Å². The summed E-state index contributed by atoms with van der Waals surface area (Å²) in [4.78, 5) is 3.91. The predicted molar refractivity (Wildman–Crippen MR) is 51.9 cm³/mol. The van der Waals surface area contributed by atoms with Crippen molar-refractivity contribution in [2.24, 2.45) is 0 Å². The number of pyridine rings is 1. The van der Waals surface area contributed by atoms with Gasteiger partial charge in [0.25, 0.3) is 0 Å². The van der Waals surface area contributed by atoms with E-state index in [0.717, 1.165) is 0 Å². The Balaban J connectivity index is 0.000000424. The molecular formula is C7H9BrNO3S-. The van der Waals surface area contributed by atoms with Crippen molar-refractivity contribution in [1.29, 1.82) is 0 Å². The first-order valence-corrected chi connectivity index (χ1v) is 5.30. The molecule has 1 aromatic rings. The molecule has 0 fully saturated rings. The molecule has 0 bridgehead atoms. The summed E-state index contributed by atoms with van der Waals surface area (Å²) in [6, 6.07) is 3.04. The van der Waals surface area contributed by atoms with Gasteiger partial charge in [-0.25, -0.2) is 4.98 Å². The Morgan fingerprint density at radius 3 is 2.62 bits per heavy atom. The van der Waals surface area contributed by atoms with Gasteiger partial charge in [-0.05, 0) is 46.1 Å². The SMILES string of the molecule is CCO.O=S([O-])c1cccnc1Br.